The highest BCUT2D eigenvalue weighted by atomic mass is 15.0. The second kappa shape index (κ2) is 4.53. The summed E-state index contributed by atoms with van der Waals surface area (Å²) < 4.78 is 0. The second-order valence-electron chi connectivity index (χ2n) is 6.12. The molecule has 2 nitrogen and oxygen atoms in total. The van der Waals surface area contributed by atoms with Gasteiger partial charge in [0.2, 0.25) is 0 Å². The van der Waals surface area contributed by atoms with Gasteiger partial charge in [0.05, 0.1) is 6.07 Å². The number of nitrogens with one attached hydrogen (secondary N) is 1. The van der Waals surface area contributed by atoms with Crippen LogP contribution in [0.2, 0.25) is 0 Å². The zero-order chi connectivity index (χ0) is 11.5. The number of nitriles is 1. The van der Waals surface area contributed by atoms with Gasteiger partial charge in [-0.1, -0.05) is 26.2 Å². The third kappa shape index (κ3) is 3.83. The van der Waals surface area contributed by atoms with Crippen LogP contribution in [0.3, 0.4) is 0 Å². The first-order valence-electron chi connectivity index (χ1n) is 6.07. The SMILES string of the molecule is CC1CCCCC(C#N)(NC(C)(C)C)C1. The van der Waals surface area contributed by atoms with Gasteiger partial charge in [-0.25, -0.2) is 0 Å². The molecule has 1 N–H and O–H groups in total. The van der Waals surface area contributed by atoms with Crippen LogP contribution in [-0.4, -0.2) is 11.1 Å². The van der Waals surface area contributed by atoms with E-state index in [9.17, 15) is 5.26 Å². The number of nitrogens with zero attached hydrogens (tertiary/aromatic N) is 1. The topological polar surface area (TPSA) is 35.8 Å². The van der Waals surface area contributed by atoms with Crippen LogP contribution in [0, 0.1) is 17.2 Å². The smallest absolute Gasteiger partial charge is 0.107 e. The van der Waals surface area contributed by atoms with Gasteiger partial charge in [0.25, 0.3) is 0 Å². The van der Waals surface area contributed by atoms with Gasteiger partial charge < -0.3 is 0 Å². The highest BCUT2D eigenvalue weighted by molar-refractivity contribution is 5.10. The Balaban J connectivity index is 2.78. The van der Waals surface area contributed by atoms with E-state index in [-0.39, 0.29) is 11.1 Å². The van der Waals surface area contributed by atoms with Gasteiger partial charge in [-0.05, 0) is 39.5 Å². The van der Waals surface area contributed by atoms with E-state index in [0.717, 1.165) is 12.8 Å². The fourth-order valence-corrected chi connectivity index (χ4v) is 2.68. The monoisotopic (exact) mass is 208 g/mol. The van der Waals surface area contributed by atoms with Crippen LogP contribution >= 0.6 is 0 Å². The summed E-state index contributed by atoms with van der Waals surface area (Å²) in [5, 5.41) is 13.0. The van der Waals surface area contributed by atoms with Crippen molar-refractivity contribution < 1.29 is 0 Å². The van der Waals surface area contributed by atoms with Crippen molar-refractivity contribution in [3.8, 4) is 6.07 Å². The first-order chi connectivity index (χ1) is 6.87. The minimum atomic E-state index is -0.284. The largest absolute Gasteiger partial charge is 0.295 e. The molecule has 86 valence electrons. The average Bonchev–Trinajstić information content (AvgIpc) is 2.25. The Labute approximate surface area is 94.1 Å². The normalized spacial score (nSPS) is 33.1. The first-order valence-corrected chi connectivity index (χ1v) is 6.07. The Morgan fingerprint density at radius 3 is 2.53 bits per heavy atom. The molecule has 0 bridgehead atoms. The Morgan fingerprint density at radius 1 is 1.33 bits per heavy atom. The molecule has 2 heteroatoms. The maximum absolute atomic E-state index is 9.44. The Kier molecular flexibility index (Phi) is 3.78. The maximum atomic E-state index is 9.44. The molecule has 2 unspecified atom stereocenters. The average molecular weight is 208 g/mol. The lowest BCUT2D eigenvalue weighted by atomic mass is 9.85. The van der Waals surface area contributed by atoms with Crippen LogP contribution in [0.1, 0.15) is 59.8 Å². The summed E-state index contributed by atoms with van der Waals surface area (Å²) in [4.78, 5) is 0. The molecule has 1 saturated carbocycles. The van der Waals surface area contributed by atoms with Crippen molar-refractivity contribution in [2.45, 2.75) is 70.9 Å². The lowest BCUT2D eigenvalue weighted by Crippen LogP contribution is -2.53. The van der Waals surface area contributed by atoms with Gasteiger partial charge in [-0.3, -0.25) is 5.32 Å². The molecular formula is C13H24N2. The zero-order valence-electron chi connectivity index (χ0n) is 10.6. The van der Waals surface area contributed by atoms with Crippen molar-refractivity contribution in [1.29, 1.82) is 5.26 Å². The molecule has 1 fully saturated rings. The Bertz CT molecular complexity index is 246. The quantitative estimate of drug-likeness (QED) is 0.671. The number of rotatable bonds is 1. The fourth-order valence-electron chi connectivity index (χ4n) is 2.68. The lowest BCUT2D eigenvalue weighted by Gasteiger charge is -2.35. The van der Waals surface area contributed by atoms with Crippen molar-refractivity contribution in [1.82, 2.24) is 5.32 Å². The molecule has 0 aromatic rings. The minimum absolute atomic E-state index is 0.0276. The molecule has 1 rings (SSSR count). The molecule has 0 amide bonds. The standard InChI is InChI=1S/C13H24N2/c1-11-7-5-6-8-13(9-11,10-14)15-12(2,3)4/h11,15H,5-9H2,1-4H3. The Hall–Kier alpha value is -0.550. The summed E-state index contributed by atoms with van der Waals surface area (Å²) in [6.07, 6.45) is 5.73. The molecule has 0 spiro atoms. The van der Waals surface area contributed by atoms with E-state index in [4.69, 9.17) is 0 Å². The van der Waals surface area contributed by atoms with E-state index >= 15 is 0 Å². The van der Waals surface area contributed by atoms with E-state index in [1.807, 2.05) is 0 Å². The molecule has 1 aliphatic rings. The third-order valence-electron chi connectivity index (χ3n) is 3.08. The first kappa shape index (κ1) is 12.5. The molecule has 15 heavy (non-hydrogen) atoms. The fraction of sp³-hybridized carbons (Fsp3) is 0.923. The van der Waals surface area contributed by atoms with E-state index in [2.05, 4.69) is 39.1 Å². The number of hydrogen-bond donors (Lipinski definition) is 1. The van der Waals surface area contributed by atoms with Crippen molar-refractivity contribution >= 4 is 0 Å². The summed E-state index contributed by atoms with van der Waals surface area (Å²) in [6.45, 7) is 8.69. The predicted octanol–water partition coefficient (Wildman–Crippen LogP) is 3.24. The van der Waals surface area contributed by atoms with Gasteiger partial charge in [0.1, 0.15) is 5.54 Å². The van der Waals surface area contributed by atoms with E-state index in [0.29, 0.717) is 5.92 Å². The van der Waals surface area contributed by atoms with Crippen molar-refractivity contribution in [2.75, 3.05) is 0 Å². The van der Waals surface area contributed by atoms with Gasteiger partial charge in [-0.15, -0.1) is 0 Å². The van der Waals surface area contributed by atoms with Crippen molar-refractivity contribution in [3.05, 3.63) is 0 Å². The lowest BCUT2D eigenvalue weighted by molar-refractivity contribution is 0.254. The molecule has 0 saturated heterocycles. The van der Waals surface area contributed by atoms with Crippen LogP contribution < -0.4 is 5.32 Å². The van der Waals surface area contributed by atoms with E-state index < -0.39 is 0 Å². The van der Waals surface area contributed by atoms with Gasteiger partial charge in [0.15, 0.2) is 0 Å². The molecule has 0 radical (unpaired) electrons. The van der Waals surface area contributed by atoms with Crippen LogP contribution in [0.15, 0.2) is 0 Å². The third-order valence-corrected chi connectivity index (χ3v) is 3.08. The van der Waals surface area contributed by atoms with Crippen LogP contribution in [0.4, 0.5) is 0 Å². The molecule has 0 aliphatic heterocycles. The predicted molar refractivity (Wildman–Crippen MR) is 63.5 cm³/mol. The van der Waals surface area contributed by atoms with Crippen molar-refractivity contribution in [2.24, 2.45) is 5.92 Å². The van der Waals surface area contributed by atoms with Gasteiger partial charge in [-0.2, -0.15) is 5.26 Å². The zero-order valence-corrected chi connectivity index (χ0v) is 10.6. The maximum Gasteiger partial charge on any atom is 0.107 e. The molecule has 0 aromatic heterocycles. The molecule has 0 heterocycles. The summed E-state index contributed by atoms with van der Waals surface area (Å²) in [6, 6.07) is 2.53. The van der Waals surface area contributed by atoms with E-state index in [1.54, 1.807) is 0 Å². The van der Waals surface area contributed by atoms with Gasteiger partial charge >= 0.3 is 0 Å². The molecule has 1 aliphatic carbocycles. The van der Waals surface area contributed by atoms with Crippen LogP contribution in [-0.2, 0) is 0 Å². The van der Waals surface area contributed by atoms with Crippen LogP contribution in [0.5, 0.6) is 0 Å². The van der Waals surface area contributed by atoms with Crippen molar-refractivity contribution in [3.63, 3.8) is 0 Å². The molecule has 0 aromatic carbocycles. The molecular weight excluding hydrogens is 184 g/mol. The Morgan fingerprint density at radius 2 is 2.00 bits per heavy atom. The second-order valence-corrected chi connectivity index (χ2v) is 6.12. The van der Waals surface area contributed by atoms with Gasteiger partial charge in [0, 0.05) is 5.54 Å². The summed E-state index contributed by atoms with van der Waals surface area (Å²) in [7, 11) is 0. The minimum Gasteiger partial charge on any atom is -0.295 e. The molecule has 2 atom stereocenters. The summed E-state index contributed by atoms with van der Waals surface area (Å²) in [5.74, 6) is 0.669. The summed E-state index contributed by atoms with van der Waals surface area (Å²) in [5.41, 5.74) is -0.256. The van der Waals surface area contributed by atoms with Crippen LogP contribution in [0.25, 0.3) is 0 Å². The highest BCUT2D eigenvalue weighted by Crippen LogP contribution is 2.31. The highest BCUT2D eigenvalue weighted by Gasteiger charge is 2.36. The summed E-state index contributed by atoms with van der Waals surface area (Å²) >= 11 is 0. The van der Waals surface area contributed by atoms with E-state index in [1.165, 1.54) is 19.3 Å². The number of hydrogen-bond acceptors (Lipinski definition) is 2.